The smallest absolute Gasteiger partial charge is 0.251 e. The highest BCUT2D eigenvalue weighted by atomic mass is 16.5. The summed E-state index contributed by atoms with van der Waals surface area (Å²) in [5.41, 5.74) is 2.97. The Morgan fingerprint density at radius 2 is 1.96 bits per heavy atom. The van der Waals surface area contributed by atoms with Crippen LogP contribution in [0.5, 0.6) is 0 Å². The zero-order chi connectivity index (χ0) is 19.1. The van der Waals surface area contributed by atoms with Crippen molar-refractivity contribution in [2.75, 3.05) is 39.4 Å². The number of pyridine rings is 1. The van der Waals surface area contributed by atoms with Gasteiger partial charge in [0.2, 0.25) is 0 Å². The molecule has 1 fully saturated rings. The van der Waals surface area contributed by atoms with E-state index in [1.165, 1.54) is 0 Å². The lowest BCUT2D eigenvalue weighted by Crippen LogP contribution is -2.38. The van der Waals surface area contributed by atoms with Crippen molar-refractivity contribution in [3.63, 3.8) is 0 Å². The fourth-order valence-electron chi connectivity index (χ4n) is 3.07. The first-order valence-electron chi connectivity index (χ1n) is 9.47. The molecule has 6 nitrogen and oxygen atoms in total. The number of rotatable bonds is 7. The van der Waals surface area contributed by atoms with Gasteiger partial charge in [-0.25, -0.2) is 0 Å². The van der Waals surface area contributed by atoms with Crippen molar-refractivity contribution < 1.29 is 14.6 Å². The molecule has 2 heterocycles. The van der Waals surface area contributed by atoms with Crippen LogP contribution >= 0.6 is 0 Å². The van der Waals surface area contributed by atoms with Crippen LogP contribution in [0.4, 0.5) is 0 Å². The van der Waals surface area contributed by atoms with Crippen molar-refractivity contribution in [3.8, 4) is 11.3 Å². The highest BCUT2D eigenvalue weighted by Gasteiger charge is 2.11. The molecule has 3 rings (SSSR count). The predicted molar refractivity (Wildman–Crippen MR) is 105 cm³/mol. The molecule has 0 aliphatic carbocycles. The SMILES string of the molecule is C[C@H](O)c1cccc(-c2ccc(C(=O)NCCCN3CCOCC3)cc2)n1. The van der Waals surface area contributed by atoms with E-state index in [1.807, 2.05) is 36.4 Å². The third-order valence-corrected chi connectivity index (χ3v) is 4.68. The molecular weight excluding hydrogens is 342 g/mol. The monoisotopic (exact) mass is 369 g/mol. The molecule has 0 saturated carbocycles. The molecule has 1 aliphatic rings. The van der Waals surface area contributed by atoms with Crippen LogP contribution in [0.1, 0.15) is 35.5 Å². The Hall–Kier alpha value is -2.28. The van der Waals surface area contributed by atoms with Crippen molar-refractivity contribution in [1.29, 1.82) is 0 Å². The number of nitrogens with zero attached hydrogens (tertiary/aromatic N) is 2. The van der Waals surface area contributed by atoms with Gasteiger partial charge in [-0.15, -0.1) is 0 Å². The summed E-state index contributed by atoms with van der Waals surface area (Å²) < 4.78 is 5.33. The molecule has 2 N–H and O–H groups in total. The lowest BCUT2D eigenvalue weighted by molar-refractivity contribution is 0.0374. The molecule has 0 spiro atoms. The van der Waals surface area contributed by atoms with E-state index in [0.717, 1.165) is 50.5 Å². The number of aromatic nitrogens is 1. The Bertz CT molecular complexity index is 741. The Balaban J connectivity index is 1.50. The van der Waals surface area contributed by atoms with Crippen LogP contribution in [0.25, 0.3) is 11.3 Å². The first kappa shape index (κ1) is 19.5. The number of aliphatic hydroxyl groups is 1. The van der Waals surface area contributed by atoms with Crippen LogP contribution in [0, 0.1) is 0 Å². The number of nitrogens with one attached hydrogen (secondary N) is 1. The summed E-state index contributed by atoms with van der Waals surface area (Å²) in [5, 5.41) is 12.6. The van der Waals surface area contributed by atoms with Crippen LogP contribution in [0.2, 0.25) is 0 Å². The van der Waals surface area contributed by atoms with E-state index in [9.17, 15) is 9.90 Å². The fraction of sp³-hybridized carbons (Fsp3) is 0.429. The van der Waals surface area contributed by atoms with Crippen LogP contribution in [-0.2, 0) is 4.74 Å². The third-order valence-electron chi connectivity index (χ3n) is 4.68. The second-order valence-electron chi connectivity index (χ2n) is 6.76. The molecule has 0 unspecified atom stereocenters. The topological polar surface area (TPSA) is 74.7 Å². The van der Waals surface area contributed by atoms with Gasteiger partial charge in [0.25, 0.3) is 5.91 Å². The summed E-state index contributed by atoms with van der Waals surface area (Å²) in [4.78, 5) is 19.1. The van der Waals surface area contributed by atoms with Gasteiger partial charge in [-0.2, -0.15) is 0 Å². The van der Waals surface area contributed by atoms with Crippen LogP contribution in [-0.4, -0.2) is 60.3 Å². The van der Waals surface area contributed by atoms with Crippen molar-refractivity contribution in [2.45, 2.75) is 19.4 Å². The van der Waals surface area contributed by atoms with Crippen molar-refractivity contribution >= 4 is 5.91 Å². The maximum Gasteiger partial charge on any atom is 0.251 e. The van der Waals surface area contributed by atoms with Gasteiger partial charge >= 0.3 is 0 Å². The van der Waals surface area contributed by atoms with Gasteiger partial charge in [-0.1, -0.05) is 18.2 Å². The quantitative estimate of drug-likeness (QED) is 0.733. The van der Waals surface area contributed by atoms with Gasteiger partial charge in [-0.3, -0.25) is 14.7 Å². The third kappa shape index (κ3) is 5.60. The van der Waals surface area contributed by atoms with Crippen LogP contribution < -0.4 is 5.32 Å². The van der Waals surface area contributed by atoms with E-state index in [-0.39, 0.29) is 5.91 Å². The summed E-state index contributed by atoms with van der Waals surface area (Å²) in [6.07, 6.45) is 0.326. The van der Waals surface area contributed by atoms with Gasteiger partial charge in [0.15, 0.2) is 0 Å². The van der Waals surface area contributed by atoms with Crippen molar-refractivity contribution in [2.24, 2.45) is 0 Å². The van der Waals surface area contributed by atoms with E-state index < -0.39 is 6.10 Å². The van der Waals surface area contributed by atoms with Gasteiger partial charge < -0.3 is 15.2 Å². The number of carbonyl (C=O) groups is 1. The molecular formula is C21H27N3O3. The van der Waals surface area contributed by atoms with Crippen molar-refractivity contribution in [3.05, 3.63) is 53.7 Å². The van der Waals surface area contributed by atoms with Crippen LogP contribution in [0.15, 0.2) is 42.5 Å². The van der Waals surface area contributed by atoms with Crippen molar-refractivity contribution in [1.82, 2.24) is 15.2 Å². The molecule has 1 aromatic heterocycles. The number of aliphatic hydroxyl groups excluding tert-OH is 1. The normalized spacial score (nSPS) is 16.1. The second kappa shape index (κ2) is 9.60. The Morgan fingerprint density at radius 1 is 1.22 bits per heavy atom. The van der Waals surface area contributed by atoms with Gasteiger partial charge in [0, 0.05) is 30.8 Å². The molecule has 1 aromatic carbocycles. The standard InChI is InChI=1S/C21H27N3O3/c1-16(25)19-4-2-5-20(23-19)17-6-8-18(9-7-17)21(26)22-10-3-11-24-12-14-27-15-13-24/h2,4-9,16,25H,3,10-15H2,1H3,(H,22,26)/t16-/m0/s1. The van der Waals surface area contributed by atoms with E-state index in [2.05, 4.69) is 15.2 Å². The highest BCUT2D eigenvalue weighted by molar-refractivity contribution is 5.94. The number of hydrogen-bond acceptors (Lipinski definition) is 5. The molecule has 2 aromatic rings. The largest absolute Gasteiger partial charge is 0.387 e. The maximum absolute atomic E-state index is 12.3. The zero-order valence-electron chi connectivity index (χ0n) is 15.7. The summed E-state index contributed by atoms with van der Waals surface area (Å²) >= 11 is 0. The number of benzene rings is 1. The minimum absolute atomic E-state index is 0.0609. The molecule has 27 heavy (non-hydrogen) atoms. The molecule has 1 amide bonds. The number of ether oxygens (including phenoxy) is 1. The Kier molecular flexibility index (Phi) is 6.92. The lowest BCUT2D eigenvalue weighted by atomic mass is 10.1. The molecule has 1 aliphatic heterocycles. The molecule has 0 radical (unpaired) electrons. The summed E-state index contributed by atoms with van der Waals surface area (Å²) in [5.74, 6) is -0.0609. The number of hydrogen-bond donors (Lipinski definition) is 2. The predicted octanol–water partition coefficient (Wildman–Crippen LogP) is 2.25. The number of carbonyl (C=O) groups excluding carboxylic acids is 1. The fourth-order valence-corrected chi connectivity index (χ4v) is 3.07. The van der Waals surface area contributed by atoms with Gasteiger partial charge in [0.1, 0.15) is 0 Å². The second-order valence-corrected chi connectivity index (χ2v) is 6.76. The molecule has 1 saturated heterocycles. The van der Waals surface area contributed by atoms with E-state index in [0.29, 0.717) is 17.8 Å². The molecule has 6 heteroatoms. The number of morpholine rings is 1. The van der Waals surface area contributed by atoms with Gasteiger partial charge in [-0.05, 0) is 44.2 Å². The van der Waals surface area contributed by atoms with Gasteiger partial charge in [0.05, 0.1) is 30.7 Å². The molecule has 144 valence electrons. The maximum atomic E-state index is 12.3. The molecule has 0 bridgehead atoms. The lowest BCUT2D eigenvalue weighted by Gasteiger charge is -2.26. The van der Waals surface area contributed by atoms with E-state index >= 15 is 0 Å². The Morgan fingerprint density at radius 3 is 2.67 bits per heavy atom. The average Bonchev–Trinajstić information content (AvgIpc) is 2.72. The summed E-state index contributed by atoms with van der Waals surface area (Å²) in [6, 6.07) is 13.0. The average molecular weight is 369 g/mol. The number of amides is 1. The minimum Gasteiger partial charge on any atom is -0.387 e. The van der Waals surface area contributed by atoms with Crippen LogP contribution in [0.3, 0.4) is 0 Å². The summed E-state index contributed by atoms with van der Waals surface area (Å²) in [6.45, 7) is 6.88. The summed E-state index contributed by atoms with van der Waals surface area (Å²) in [7, 11) is 0. The first-order valence-corrected chi connectivity index (χ1v) is 9.47. The highest BCUT2D eigenvalue weighted by Crippen LogP contribution is 2.20. The molecule has 1 atom stereocenters. The first-order chi connectivity index (χ1) is 13.1. The Labute approximate surface area is 160 Å². The zero-order valence-corrected chi connectivity index (χ0v) is 15.7. The minimum atomic E-state index is -0.604. The van der Waals surface area contributed by atoms with E-state index in [4.69, 9.17) is 4.74 Å². The van der Waals surface area contributed by atoms with E-state index in [1.54, 1.807) is 13.0 Å².